The molecule has 0 saturated heterocycles. The molecule has 0 aliphatic rings. The van der Waals surface area contributed by atoms with Gasteiger partial charge in [0, 0.05) is 21.6 Å². The van der Waals surface area contributed by atoms with E-state index in [0.717, 1.165) is 12.1 Å². The van der Waals surface area contributed by atoms with Crippen molar-refractivity contribution in [3.8, 4) is 0 Å². The quantitative estimate of drug-likeness (QED) is 0.771. The van der Waals surface area contributed by atoms with E-state index in [1.165, 1.54) is 17.4 Å². The molecule has 0 unspecified atom stereocenters. The maximum Gasteiger partial charge on any atom is 0.416 e. The van der Waals surface area contributed by atoms with Crippen LogP contribution in [0.2, 0.25) is 0 Å². The molecule has 0 N–H and O–H groups in total. The molecular weight excluding hydrogens is 343 g/mol. The van der Waals surface area contributed by atoms with Crippen molar-refractivity contribution >= 4 is 33.0 Å². The van der Waals surface area contributed by atoms with Gasteiger partial charge in [0.2, 0.25) is 0 Å². The van der Waals surface area contributed by atoms with Crippen LogP contribution in [0.15, 0.2) is 34.2 Å². The molecule has 0 radical (unpaired) electrons. The summed E-state index contributed by atoms with van der Waals surface area (Å²) >= 11 is 4.39. The van der Waals surface area contributed by atoms with Gasteiger partial charge in [0.25, 0.3) is 0 Å². The van der Waals surface area contributed by atoms with E-state index in [-0.39, 0.29) is 12.0 Å². The third-order valence-corrected chi connectivity index (χ3v) is 3.86. The summed E-state index contributed by atoms with van der Waals surface area (Å²) in [7, 11) is 0. The smallest absolute Gasteiger partial charge is 0.294 e. The van der Waals surface area contributed by atoms with Crippen LogP contribution in [0.3, 0.4) is 0 Å². The maximum atomic E-state index is 12.6. The fourth-order valence-corrected chi connectivity index (χ4v) is 2.57. The second kappa shape index (κ2) is 5.42. The van der Waals surface area contributed by atoms with Crippen molar-refractivity contribution in [3.63, 3.8) is 0 Å². The van der Waals surface area contributed by atoms with Crippen LogP contribution in [0.1, 0.15) is 20.9 Å². The third-order valence-electron chi connectivity index (χ3n) is 2.39. The topological polar surface area (TPSA) is 30.0 Å². The van der Waals surface area contributed by atoms with Crippen LogP contribution < -0.4 is 0 Å². The standard InChI is InChI=1S/C12H7BrF3NOS/c13-9-2-1-7(12(14,15)16)5-8(9)10(18)6-11-17-3-4-19-11/h1-5H,6H2. The largest absolute Gasteiger partial charge is 0.416 e. The number of Topliss-reactive ketones (excluding diaryl/α,β-unsaturated/α-hetero) is 1. The highest BCUT2D eigenvalue weighted by Gasteiger charge is 2.31. The van der Waals surface area contributed by atoms with E-state index >= 15 is 0 Å². The summed E-state index contributed by atoms with van der Waals surface area (Å²) in [6.45, 7) is 0. The molecule has 0 spiro atoms. The Morgan fingerprint density at radius 2 is 2.11 bits per heavy atom. The Morgan fingerprint density at radius 1 is 1.37 bits per heavy atom. The van der Waals surface area contributed by atoms with Gasteiger partial charge in [0.05, 0.1) is 12.0 Å². The van der Waals surface area contributed by atoms with Crippen LogP contribution in [0.25, 0.3) is 0 Å². The highest BCUT2D eigenvalue weighted by molar-refractivity contribution is 9.10. The molecule has 1 aromatic heterocycles. The second-order valence-corrected chi connectivity index (χ2v) is 5.55. The van der Waals surface area contributed by atoms with Crippen molar-refractivity contribution < 1.29 is 18.0 Å². The third kappa shape index (κ3) is 3.42. The molecule has 7 heteroatoms. The summed E-state index contributed by atoms with van der Waals surface area (Å²) in [6.07, 6.45) is -2.91. The molecule has 1 heterocycles. The lowest BCUT2D eigenvalue weighted by Crippen LogP contribution is -2.09. The number of rotatable bonds is 3. The molecule has 1 aromatic carbocycles. The summed E-state index contributed by atoms with van der Waals surface area (Å²) in [6, 6.07) is 3.03. The number of alkyl halides is 3. The van der Waals surface area contributed by atoms with Crippen LogP contribution in [0.5, 0.6) is 0 Å². The number of thiazole rings is 1. The van der Waals surface area contributed by atoms with Crippen LogP contribution in [-0.4, -0.2) is 10.8 Å². The zero-order valence-corrected chi connectivity index (χ0v) is 11.8. The van der Waals surface area contributed by atoms with E-state index < -0.39 is 17.5 Å². The summed E-state index contributed by atoms with van der Waals surface area (Å²) in [5.74, 6) is -0.395. The highest BCUT2D eigenvalue weighted by atomic mass is 79.9. The zero-order chi connectivity index (χ0) is 14.0. The van der Waals surface area contributed by atoms with Gasteiger partial charge in [-0.2, -0.15) is 13.2 Å². The van der Waals surface area contributed by atoms with Crippen LogP contribution >= 0.6 is 27.3 Å². The van der Waals surface area contributed by atoms with Gasteiger partial charge in [-0.15, -0.1) is 11.3 Å². The molecule has 0 bridgehead atoms. The fourth-order valence-electron chi connectivity index (χ4n) is 1.49. The summed E-state index contributed by atoms with van der Waals surface area (Å²) in [5.41, 5.74) is -0.816. The molecule has 0 aliphatic heterocycles. The van der Waals surface area contributed by atoms with E-state index in [2.05, 4.69) is 20.9 Å². The van der Waals surface area contributed by atoms with Crippen molar-refractivity contribution in [2.45, 2.75) is 12.6 Å². The molecule has 0 atom stereocenters. The Kier molecular flexibility index (Phi) is 4.05. The molecule has 19 heavy (non-hydrogen) atoms. The van der Waals surface area contributed by atoms with Gasteiger partial charge >= 0.3 is 6.18 Å². The van der Waals surface area contributed by atoms with Gasteiger partial charge in [0.1, 0.15) is 5.01 Å². The summed E-state index contributed by atoms with van der Waals surface area (Å²) in [5, 5.41) is 2.29. The Bertz CT molecular complexity index is 596. The molecule has 0 amide bonds. The molecule has 0 fully saturated rings. The monoisotopic (exact) mass is 349 g/mol. The van der Waals surface area contributed by atoms with Crippen molar-refractivity contribution in [3.05, 3.63) is 50.4 Å². The SMILES string of the molecule is O=C(Cc1nccs1)c1cc(C(F)(F)F)ccc1Br. The average molecular weight is 350 g/mol. The number of carbonyl (C=O) groups excluding carboxylic acids is 1. The van der Waals surface area contributed by atoms with Gasteiger partial charge in [-0.3, -0.25) is 4.79 Å². The first-order valence-corrected chi connectivity index (χ1v) is 6.83. The highest BCUT2D eigenvalue weighted by Crippen LogP contribution is 2.32. The number of ketones is 1. The predicted octanol–water partition coefficient (Wildman–Crippen LogP) is 4.35. The first-order chi connectivity index (χ1) is 8.88. The lowest BCUT2D eigenvalue weighted by atomic mass is 10.1. The Hall–Kier alpha value is -1.21. The number of hydrogen-bond acceptors (Lipinski definition) is 3. The van der Waals surface area contributed by atoms with Gasteiger partial charge in [-0.25, -0.2) is 4.98 Å². The summed E-state index contributed by atoms with van der Waals surface area (Å²) < 4.78 is 38.2. The Morgan fingerprint density at radius 3 is 2.68 bits per heavy atom. The van der Waals surface area contributed by atoms with E-state index in [9.17, 15) is 18.0 Å². The number of aromatic nitrogens is 1. The molecule has 0 saturated carbocycles. The molecule has 2 nitrogen and oxygen atoms in total. The van der Waals surface area contributed by atoms with Crippen molar-refractivity contribution in [1.29, 1.82) is 0 Å². The fraction of sp³-hybridized carbons (Fsp3) is 0.167. The van der Waals surface area contributed by atoms with Gasteiger partial charge < -0.3 is 0 Å². The minimum absolute atomic E-state index is 0.00240. The van der Waals surface area contributed by atoms with Crippen LogP contribution in [0.4, 0.5) is 13.2 Å². The van der Waals surface area contributed by atoms with Crippen LogP contribution in [0, 0.1) is 0 Å². The zero-order valence-electron chi connectivity index (χ0n) is 9.37. The normalized spacial score (nSPS) is 11.6. The first-order valence-electron chi connectivity index (χ1n) is 5.16. The lowest BCUT2D eigenvalue weighted by molar-refractivity contribution is -0.137. The summed E-state index contributed by atoms with van der Waals surface area (Å²) in [4.78, 5) is 15.9. The molecule has 100 valence electrons. The number of nitrogens with zero attached hydrogens (tertiary/aromatic N) is 1. The van der Waals surface area contributed by atoms with E-state index in [1.54, 1.807) is 11.6 Å². The Labute approximate surface area is 119 Å². The molecule has 2 aromatic rings. The predicted molar refractivity (Wildman–Crippen MR) is 69.3 cm³/mol. The lowest BCUT2D eigenvalue weighted by Gasteiger charge is -2.09. The minimum Gasteiger partial charge on any atom is -0.294 e. The number of halogens is 4. The van der Waals surface area contributed by atoms with Crippen molar-refractivity contribution in [2.75, 3.05) is 0 Å². The average Bonchev–Trinajstić information content (AvgIpc) is 2.80. The van der Waals surface area contributed by atoms with Gasteiger partial charge in [0.15, 0.2) is 5.78 Å². The molecular formula is C12H7BrF3NOS. The van der Waals surface area contributed by atoms with Gasteiger partial charge in [-0.05, 0) is 18.2 Å². The second-order valence-electron chi connectivity index (χ2n) is 3.72. The van der Waals surface area contributed by atoms with Crippen molar-refractivity contribution in [1.82, 2.24) is 4.98 Å². The van der Waals surface area contributed by atoms with Crippen LogP contribution in [-0.2, 0) is 12.6 Å². The maximum absolute atomic E-state index is 12.6. The molecule has 0 aliphatic carbocycles. The van der Waals surface area contributed by atoms with Crippen molar-refractivity contribution in [2.24, 2.45) is 0 Å². The van der Waals surface area contributed by atoms with E-state index in [1.807, 2.05) is 0 Å². The number of carbonyl (C=O) groups is 1. The Balaban J connectivity index is 2.31. The number of hydrogen-bond donors (Lipinski definition) is 0. The first kappa shape index (κ1) is 14.2. The van der Waals surface area contributed by atoms with E-state index in [0.29, 0.717) is 9.48 Å². The van der Waals surface area contributed by atoms with Gasteiger partial charge in [-0.1, -0.05) is 15.9 Å². The number of benzene rings is 1. The minimum atomic E-state index is -4.46. The molecule has 2 rings (SSSR count). The van der Waals surface area contributed by atoms with E-state index in [4.69, 9.17) is 0 Å².